The summed E-state index contributed by atoms with van der Waals surface area (Å²) in [6, 6.07) is 8.52. The number of amides is 2. The van der Waals surface area contributed by atoms with E-state index < -0.39 is 0 Å². The molecule has 1 atom stereocenters. The molecule has 1 unspecified atom stereocenters. The summed E-state index contributed by atoms with van der Waals surface area (Å²) in [5.41, 5.74) is 1.11. The van der Waals surface area contributed by atoms with Crippen molar-refractivity contribution in [2.75, 3.05) is 53.0 Å². The molecule has 3 rings (SSSR count). The molecule has 2 aliphatic rings. The normalized spacial score (nSPS) is 20.0. The van der Waals surface area contributed by atoms with Crippen molar-refractivity contribution in [3.8, 4) is 5.75 Å². The highest BCUT2D eigenvalue weighted by atomic mass is 16.5. The Bertz CT molecular complexity index is 735. The Labute approximate surface area is 186 Å². The van der Waals surface area contributed by atoms with E-state index in [0.717, 1.165) is 69.8 Å². The molecule has 2 saturated heterocycles. The Hall–Kier alpha value is -2.12. The molecule has 0 bridgehead atoms. The molecule has 2 aliphatic heterocycles. The van der Waals surface area contributed by atoms with Gasteiger partial charge in [0, 0.05) is 65.4 Å². The number of aryl methyl sites for hydroxylation is 1. The third-order valence-electron chi connectivity index (χ3n) is 6.44. The van der Waals surface area contributed by atoms with Crippen molar-refractivity contribution in [1.29, 1.82) is 0 Å². The molecule has 7 nitrogen and oxygen atoms in total. The van der Waals surface area contributed by atoms with E-state index >= 15 is 0 Å². The number of likely N-dealkylation sites (tertiary alicyclic amines) is 1. The fourth-order valence-corrected chi connectivity index (χ4v) is 4.54. The average molecular weight is 432 g/mol. The maximum atomic E-state index is 12.6. The van der Waals surface area contributed by atoms with Crippen molar-refractivity contribution in [1.82, 2.24) is 14.7 Å². The van der Waals surface area contributed by atoms with Gasteiger partial charge >= 0.3 is 0 Å². The maximum absolute atomic E-state index is 12.6. The van der Waals surface area contributed by atoms with Crippen LogP contribution in [0, 0.1) is 6.92 Å². The minimum absolute atomic E-state index is 0.0255. The maximum Gasteiger partial charge on any atom is 0.260 e. The molecule has 2 fully saturated rings. The fourth-order valence-electron chi connectivity index (χ4n) is 4.54. The van der Waals surface area contributed by atoms with Crippen molar-refractivity contribution in [2.45, 2.75) is 51.6 Å². The van der Waals surface area contributed by atoms with Crippen LogP contribution < -0.4 is 4.74 Å². The molecule has 31 heavy (non-hydrogen) atoms. The third kappa shape index (κ3) is 6.94. The van der Waals surface area contributed by atoms with Gasteiger partial charge in [-0.25, -0.2) is 0 Å². The Balaban J connectivity index is 1.55. The van der Waals surface area contributed by atoms with Gasteiger partial charge in [0.05, 0.1) is 0 Å². The van der Waals surface area contributed by atoms with Gasteiger partial charge < -0.3 is 19.3 Å². The predicted octanol–water partition coefficient (Wildman–Crippen LogP) is 2.32. The summed E-state index contributed by atoms with van der Waals surface area (Å²) in [6.45, 7) is 8.33. The Morgan fingerprint density at radius 2 is 1.94 bits per heavy atom. The zero-order valence-corrected chi connectivity index (χ0v) is 19.2. The molecule has 0 N–H and O–H groups in total. The molecule has 2 amide bonds. The smallest absolute Gasteiger partial charge is 0.260 e. The number of piperidine rings is 1. The second-order valence-corrected chi connectivity index (χ2v) is 8.76. The van der Waals surface area contributed by atoms with Gasteiger partial charge in [-0.3, -0.25) is 14.5 Å². The van der Waals surface area contributed by atoms with Crippen LogP contribution in [0.5, 0.6) is 5.75 Å². The van der Waals surface area contributed by atoms with Crippen LogP contribution in [0.2, 0.25) is 0 Å². The van der Waals surface area contributed by atoms with Crippen LogP contribution >= 0.6 is 0 Å². The summed E-state index contributed by atoms with van der Waals surface area (Å²) >= 11 is 0. The predicted molar refractivity (Wildman–Crippen MR) is 120 cm³/mol. The topological polar surface area (TPSA) is 62.3 Å². The summed E-state index contributed by atoms with van der Waals surface area (Å²) in [6.07, 6.45) is 4.13. The summed E-state index contributed by atoms with van der Waals surface area (Å²) in [4.78, 5) is 30.8. The van der Waals surface area contributed by atoms with Crippen LogP contribution in [0.15, 0.2) is 24.3 Å². The van der Waals surface area contributed by atoms with E-state index in [-0.39, 0.29) is 18.4 Å². The first-order valence-electron chi connectivity index (χ1n) is 11.5. The number of carbonyl (C=O) groups excluding carboxylic acids is 2. The molecule has 7 heteroatoms. The first-order chi connectivity index (χ1) is 14.9. The monoisotopic (exact) mass is 431 g/mol. The lowest BCUT2D eigenvalue weighted by Crippen LogP contribution is -2.55. The van der Waals surface area contributed by atoms with E-state index in [9.17, 15) is 9.59 Å². The summed E-state index contributed by atoms with van der Waals surface area (Å²) < 4.78 is 11.3. The van der Waals surface area contributed by atoms with Crippen LogP contribution in [0.25, 0.3) is 0 Å². The molecular formula is C24H37N3O4. The number of benzene rings is 1. The zero-order chi connectivity index (χ0) is 22.2. The van der Waals surface area contributed by atoms with Crippen LogP contribution in [0.4, 0.5) is 0 Å². The largest absolute Gasteiger partial charge is 0.484 e. The second kappa shape index (κ2) is 11.5. The zero-order valence-electron chi connectivity index (χ0n) is 19.2. The summed E-state index contributed by atoms with van der Waals surface area (Å²) in [7, 11) is 1.84. The van der Waals surface area contributed by atoms with E-state index in [1.54, 1.807) is 11.8 Å². The van der Waals surface area contributed by atoms with Gasteiger partial charge in [-0.2, -0.15) is 0 Å². The lowest BCUT2D eigenvalue weighted by Gasteiger charge is -2.44. The highest BCUT2D eigenvalue weighted by molar-refractivity contribution is 5.77. The number of hydrogen-bond donors (Lipinski definition) is 0. The van der Waals surface area contributed by atoms with Crippen LogP contribution in [-0.2, 0) is 14.3 Å². The lowest BCUT2D eigenvalue weighted by atomic mass is 9.98. The molecule has 0 radical (unpaired) electrons. The Morgan fingerprint density at radius 1 is 1.16 bits per heavy atom. The molecule has 0 spiro atoms. The molecule has 0 aliphatic carbocycles. The third-order valence-corrected chi connectivity index (χ3v) is 6.44. The SMILES string of the molecule is CC(=O)N1CCCC(N(CCN(C)C(=O)COc2cccc(C)c2)C2CCOCC2)C1. The first-order valence-corrected chi connectivity index (χ1v) is 11.5. The highest BCUT2D eigenvalue weighted by Crippen LogP contribution is 2.23. The van der Waals surface area contributed by atoms with Gasteiger partial charge in [0.25, 0.3) is 5.91 Å². The number of hydrogen-bond acceptors (Lipinski definition) is 5. The average Bonchev–Trinajstić information content (AvgIpc) is 2.78. The standard InChI is InChI=1S/C24H37N3O4/c1-19-6-4-8-23(16-19)31-18-24(29)25(3)12-13-27(21-9-14-30-15-10-21)22-7-5-11-26(17-22)20(2)28/h4,6,8,16,21-22H,5,7,9-15,17-18H2,1-3H3. The molecule has 1 aromatic carbocycles. The van der Waals surface area contributed by atoms with Crippen LogP contribution in [0.1, 0.15) is 38.2 Å². The Kier molecular flexibility index (Phi) is 8.72. The van der Waals surface area contributed by atoms with E-state index in [1.165, 1.54) is 0 Å². The molecular weight excluding hydrogens is 394 g/mol. The second-order valence-electron chi connectivity index (χ2n) is 8.76. The van der Waals surface area contributed by atoms with Gasteiger partial charge in [-0.1, -0.05) is 12.1 Å². The van der Waals surface area contributed by atoms with Gasteiger partial charge in [-0.15, -0.1) is 0 Å². The molecule has 172 valence electrons. The number of likely N-dealkylation sites (N-methyl/N-ethyl adjacent to an activating group) is 1. The van der Waals surface area contributed by atoms with Crippen molar-refractivity contribution < 1.29 is 19.1 Å². The van der Waals surface area contributed by atoms with Crippen LogP contribution in [0.3, 0.4) is 0 Å². The van der Waals surface area contributed by atoms with Crippen molar-refractivity contribution >= 4 is 11.8 Å². The molecule has 2 heterocycles. The molecule has 1 aromatic rings. The minimum atomic E-state index is -0.0255. The van der Waals surface area contributed by atoms with E-state index in [1.807, 2.05) is 43.1 Å². The highest BCUT2D eigenvalue weighted by Gasteiger charge is 2.32. The number of carbonyl (C=O) groups is 2. The van der Waals surface area contributed by atoms with E-state index in [4.69, 9.17) is 9.47 Å². The summed E-state index contributed by atoms with van der Waals surface area (Å²) in [5, 5.41) is 0. The van der Waals surface area contributed by atoms with Gasteiger partial charge in [0.15, 0.2) is 6.61 Å². The van der Waals surface area contributed by atoms with Crippen molar-refractivity contribution in [2.24, 2.45) is 0 Å². The molecule has 0 saturated carbocycles. The van der Waals surface area contributed by atoms with E-state index in [0.29, 0.717) is 18.6 Å². The van der Waals surface area contributed by atoms with E-state index in [2.05, 4.69) is 4.90 Å². The van der Waals surface area contributed by atoms with Gasteiger partial charge in [-0.05, 0) is 50.3 Å². The minimum Gasteiger partial charge on any atom is -0.484 e. The number of rotatable bonds is 8. The first kappa shape index (κ1) is 23.5. The Morgan fingerprint density at radius 3 is 2.65 bits per heavy atom. The fraction of sp³-hybridized carbons (Fsp3) is 0.667. The lowest BCUT2D eigenvalue weighted by molar-refractivity contribution is -0.132. The van der Waals surface area contributed by atoms with Crippen LogP contribution in [-0.4, -0.2) is 91.6 Å². The quantitative estimate of drug-likeness (QED) is 0.632. The summed E-state index contributed by atoms with van der Waals surface area (Å²) in [5.74, 6) is 0.844. The number of ether oxygens (including phenoxy) is 2. The van der Waals surface area contributed by atoms with Crippen molar-refractivity contribution in [3.63, 3.8) is 0 Å². The number of nitrogens with zero attached hydrogens (tertiary/aromatic N) is 3. The van der Waals surface area contributed by atoms with Gasteiger partial charge in [0.2, 0.25) is 5.91 Å². The van der Waals surface area contributed by atoms with Gasteiger partial charge in [0.1, 0.15) is 5.75 Å². The molecule has 0 aromatic heterocycles. The van der Waals surface area contributed by atoms with Crippen molar-refractivity contribution in [3.05, 3.63) is 29.8 Å².